The van der Waals surface area contributed by atoms with Gasteiger partial charge in [-0.05, 0) is 45.6 Å². The molecule has 9 nitrogen and oxygen atoms in total. The highest BCUT2D eigenvalue weighted by atomic mass is 31.2. The molecule has 0 saturated heterocycles. The second-order valence-electron chi connectivity index (χ2n) is 15.2. The van der Waals surface area contributed by atoms with Gasteiger partial charge in [0, 0.05) is 19.4 Å². The average Bonchev–Trinajstić information content (AvgIpc) is 3.15. The Labute approximate surface area is 332 Å². The van der Waals surface area contributed by atoms with Crippen molar-refractivity contribution in [1.29, 1.82) is 0 Å². The van der Waals surface area contributed by atoms with Crippen LogP contribution in [0.1, 0.15) is 219 Å². The number of phosphoric ester groups is 1. The zero-order chi connectivity index (χ0) is 39.6. The molecule has 2 unspecified atom stereocenters. The molecule has 0 fully saturated rings. The molecule has 0 aromatic carbocycles. The smallest absolute Gasteiger partial charge is 0.462 e. The van der Waals surface area contributed by atoms with Crippen molar-refractivity contribution < 1.29 is 37.6 Å². The van der Waals surface area contributed by atoms with Gasteiger partial charge in [0.25, 0.3) is 0 Å². The van der Waals surface area contributed by atoms with Gasteiger partial charge in [0.15, 0.2) is 6.10 Å². The van der Waals surface area contributed by atoms with E-state index in [4.69, 9.17) is 18.5 Å². The molecule has 10 heteroatoms. The molecule has 0 saturated carbocycles. The number of phosphoric acid groups is 1. The molecule has 2 atom stereocenters. The Morgan fingerprint density at radius 2 is 0.944 bits per heavy atom. The van der Waals surface area contributed by atoms with Crippen LogP contribution in [-0.4, -0.2) is 56.3 Å². The van der Waals surface area contributed by atoms with Crippen LogP contribution in [0.3, 0.4) is 0 Å². The summed E-state index contributed by atoms with van der Waals surface area (Å²) in [6, 6.07) is 0. The quantitative estimate of drug-likeness (QED) is 0.0269. The second kappa shape index (κ2) is 41.4. The maximum Gasteiger partial charge on any atom is 0.472 e. The molecule has 0 heterocycles. The van der Waals surface area contributed by atoms with Gasteiger partial charge in [-0.15, -0.1) is 0 Å². The van der Waals surface area contributed by atoms with E-state index in [1.165, 1.54) is 141 Å². The van der Waals surface area contributed by atoms with Crippen LogP contribution in [0.15, 0.2) is 12.2 Å². The molecule has 0 rings (SSSR count). The van der Waals surface area contributed by atoms with Gasteiger partial charge in [-0.25, -0.2) is 4.57 Å². The van der Waals surface area contributed by atoms with E-state index in [1.54, 1.807) is 7.05 Å². The van der Waals surface area contributed by atoms with Crippen LogP contribution in [0.4, 0.5) is 0 Å². The minimum atomic E-state index is -4.34. The molecule has 54 heavy (non-hydrogen) atoms. The maximum atomic E-state index is 12.6. The van der Waals surface area contributed by atoms with Crippen molar-refractivity contribution in [2.45, 2.75) is 225 Å². The Morgan fingerprint density at radius 1 is 0.556 bits per heavy atom. The van der Waals surface area contributed by atoms with Crippen molar-refractivity contribution in [3.8, 4) is 0 Å². The molecule has 0 bridgehead atoms. The third kappa shape index (κ3) is 40.4. The summed E-state index contributed by atoms with van der Waals surface area (Å²) in [6.07, 6.45) is 41.1. The molecule has 0 aromatic rings. The average molecular weight is 788 g/mol. The van der Waals surface area contributed by atoms with E-state index < -0.39 is 26.5 Å². The topological polar surface area (TPSA) is 120 Å². The number of unbranched alkanes of at least 4 members (excludes halogenated alkanes) is 27. The Bertz CT molecular complexity index is 902. The van der Waals surface area contributed by atoms with Gasteiger partial charge >= 0.3 is 19.8 Å². The summed E-state index contributed by atoms with van der Waals surface area (Å²) in [5.74, 6) is -0.800. The van der Waals surface area contributed by atoms with E-state index in [0.29, 0.717) is 19.4 Å². The molecule has 0 radical (unpaired) electrons. The summed E-state index contributed by atoms with van der Waals surface area (Å²) in [5.41, 5.74) is 0. The van der Waals surface area contributed by atoms with Crippen molar-refractivity contribution >= 4 is 19.8 Å². The number of hydrogen-bond donors (Lipinski definition) is 2. The first-order valence-electron chi connectivity index (χ1n) is 22.6. The number of carbonyl (C=O) groups is 2. The van der Waals surface area contributed by atoms with Crippen molar-refractivity contribution in [2.24, 2.45) is 0 Å². The molecule has 0 aliphatic carbocycles. The van der Waals surface area contributed by atoms with Crippen LogP contribution >= 0.6 is 7.82 Å². The van der Waals surface area contributed by atoms with Gasteiger partial charge in [0.1, 0.15) is 6.61 Å². The SMILES string of the molecule is CCCCCC/C=C\CCCCCCCCCC(=O)OC(COC(=O)CCCCCCCCCCCCCCCCCCC)COP(=O)(O)OCCNC. The fourth-order valence-electron chi connectivity index (χ4n) is 6.43. The highest BCUT2D eigenvalue weighted by Crippen LogP contribution is 2.43. The predicted octanol–water partition coefficient (Wildman–Crippen LogP) is 12.9. The first kappa shape index (κ1) is 52.8. The zero-order valence-corrected chi connectivity index (χ0v) is 36.3. The number of rotatable bonds is 43. The van der Waals surface area contributed by atoms with Crippen molar-refractivity contribution in [3.63, 3.8) is 0 Å². The highest BCUT2D eigenvalue weighted by molar-refractivity contribution is 7.47. The molecular weight excluding hydrogens is 701 g/mol. The van der Waals surface area contributed by atoms with Crippen molar-refractivity contribution in [2.75, 3.05) is 33.4 Å². The molecule has 320 valence electrons. The lowest BCUT2D eigenvalue weighted by Crippen LogP contribution is -2.29. The Hall–Kier alpha value is -1.25. The van der Waals surface area contributed by atoms with E-state index in [2.05, 4.69) is 31.3 Å². The van der Waals surface area contributed by atoms with Gasteiger partial charge < -0.3 is 19.7 Å². The largest absolute Gasteiger partial charge is 0.472 e. The molecule has 0 aliphatic heterocycles. The van der Waals surface area contributed by atoms with Crippen molar-refractivity contribution in [3.05, 3.63) is 12.2 Å². The minimum Gasteiger partial charge on any atom is -0.462 e. The summed E-state index contributed by atoms with van der Waals surface area (Å²) >= 11 is 0. The van der Waals surface area contributed by atoms with Gasteiger partial charge in [-0.1, -0.05) is 180 Å². The fraction of sp³-hybridized carbons (Fsp3) is 0.909. The number of allylic oxidation sites excluding steroid dienone is 2. The lowest BCUT2D eigenvalue weighted by molar-refractivity contribution is -0.161. The lowest BCUT2D eigenvalue weighted by Gasteiger charge is -2.20. The van der Waals surface area contributed by atoms with E-state index in [-0.39, 0.29) is 25.6 Å². The van der Waals surface area contributed by atoms with Crippen molar-refractivity contribution in [1.82, 2.24) is 5.32 Å². The van der Waals surface area contributed by atoms with E-state index >= 15 is 0 Å². The molecule has 0 amide bonds. The molecule has 2 N–H and O–H groups in total. The van der Waals surface area contributed by atoms with Crippen LogP contribution in [0.25, 0.3) is 0 Å². The first-order valence-corrected chi connectivity index (χ1v) is 24.1. The summed E-state index contributed by atoms with van der Waals surface area (Å²) in [5, 5.41) is 2.83. The second-order valence-corrected chi connectivity index (χ2v) is 16.7. The number of hydrogen-bond acceptors (Lipinski definition) is 8. The lowest BCUT2D eigenvalue weighted by atomic mass is 10.0. The zero-order valence-electron chi connectivity index (χ0n) is 35.4. The monoisotopic (exact) mass is 788 g/mol. The van der Waals surface area contributed by atoms with Crippen LogP contribution in [0.2, 0.25) is 0 Å². The van der Waals surface area contributed by atoms with E-state index in [9.17, 15) is 19.0 Å². The predicted molar refractivity (Wildman–Crippen MR) is 225 cm³/mol. The van der Waals surface area contributed by atoms with Crippen LogP contribution in [0.5, 0.6) is 0 Å². The fourth-order valence-corrected chi connectivity index (χ4v) is 7.18. The number of ether oxygens (including phenoxy) is 2. The van der Waals surface area contributed by atoms with Gasteiger partial charge in [-0.3, -0.25) is 18.6 Å². The summed E-state index contributed by atoms with van der Waals surface area (Å²) in [6.45, 7) is 4.24. The number of likely N-dealkylation sites (N-methyl/N-ethyl adjacent to an activating group) is 1. The van der Waals surface area contributed by atoms with Gasteiger partial charge in [0.05, 0.1) is 13.2 Å². The number of esters is 2. The number of nitrogens with one attached hydrogen (secondary N) is 1. The highest BCUT2D eigenvalue weighted by Gasteiger charge is 2.26. The first-order chi connectivity index (χ1) is 26.3. The Kier molecular flexibility index (Phi) is 40.4. The van der Waals surface area contributed by atoms with Crippen LogP contribution in [0, 0.1) is 0 Å². The Morgan fingerprint density at radius 3 is 1.39 bits per heavy atom. The third-order valence-corrected chi connectivity index (χ3v) is 10.9. The summed E-state index contributed by atoms with van der Waals surface area (Å²) < 4.78 is 33.2. The van der Waals surface area contributed by atoms with E-state index in [1.807, 2.05) is 0 Å². The summed E-state index contributed by atoms with van der Waals surface area (Å²) in [4.78, 5) is 35.1. The molecule has 0 aromatic heterocycles. The van der Waals surface area contributed by atoms with Crippen LogP contribution in [-0.2, 0) is 32.7 Å². The standard InChI is InChI=1S/C44H86NO8P/c1-4-6-8-10-12-14-16-18-20-21-23-24-26-28-30-32-34-36-43(46)50-40-42(41-52-54(48,49)51-39-38-45-3)53-44(47)37-35-33-31-29-27-25-22-19-17-15-13-11-9-7-5-2/h15,17,42,45H,4-14,16,18-41H2,1-3H3,(H,48,49)/b17-15-. The summed E-state index contributed by atoms with van der Waals surface area (Å²) in [7, 11) is -2.64. The maximum absolute atomic E-state index is 12.6. The van der Waals surface area contributed by atoms with Gasteiger partial charge in [0.2, 0.25) is 0 Å². The minimum absolute atomic E-state index is 0.0146. The van der Waals surface area contributed by atoms with Crippen LogP contribution < -0.4 is 5.32 Å². The Balaban J connectivity index is 4.16. The normalized spacial score (nSPS) is 13.3. The van der Waals surface area contributed by atoms with E-state index in [0.717, 1.165) is 44.9 Å². The molecule has 0 spiro atoms. The third-order valence-electron chi connectivity index (χ3n) is 9.89. The molecular formula is C44H86NO8P. The molecule has 0 aliphatic rings. The number of carbonyl (C=O) groups excluding carboxylic acids is 2. The van der Waals surface area contributed by atoms with Gasteiger partial charge in [-0.2, -0.15) is 0 Å².